The van der Waals surface area contributed by atoms with Crippen molar-refractivity contribution in [2.45, 2.75) is 12.5 Å². The van der Waals surface area contributed by atoms with Gasteiger partial charge >= 0.3 is 0 Å². The van der Waals surface area contributed by atoms with Crippen LogP contribution in [0.2, 0.25) is 0 Å². The first-order valence-corrected chi connectivity index (χ1v) is 9.45. The second-order valence-corrected chi connectivity index (χ2v) is 7.26. The Balaban J connectivity index is 1.64. The first-order valence-electron chi connectivity index (χ1n) is 9.45. The third kappa shape index (κ3) is 3.53. The maximum Gasteiger partial charge on any atom is 0.161 e. The van der Waals surface area contributed by atoms with Crippen molar-refractivity contribution in [3.05, 3.63) is 59.3 Å². The van der Waals surface area contributed by atoms with E-state index in [4.69, 9.17) is 9.47 Å². The zero-order chi connectivity index (χ0) is 18.8. The number of para-hydroxylation sites is 1. The molecule has 0 radical (unpaired) electrons. The number of hydrogen-bond acceptors (Lipinski definition) is 4. The highest BCUT2D eigenvalue weighted by atomic mass is 16.5. The van der Waals surface area contributed by atoms with Crippen LogP contribution >= 0.6 is 0 Å². The second-order valence-electron chi connectivity index (χ2n) is 7.26. The highest BCUT2D eigenvalue weighted by Gasteiger charge is 2.25. The maximum atomic E-state index is 5.90. The molecule has 1 aromatic heterocycles. The fraction of sp³-hybridized carbons (Fsp3) is 0.364. The predicted octanol–water partition coefficient (Wildman–Crippen LogP) is 3.35. The summed E-state index contributed by atoms with van der Waals surface area (Å²) < 4.78 is 11.5. The van der Waals surface area contributed by atoms with E-state index in [1.54, 1.807) is 7.11 Å². The molecule has 3 aromatic rings. The van der Waals surface area contributed by atoms with Gasteiger partial charge in [0.1, 0.15) is 6.61 Å². The van der Waals surface area contributed by atoms with E-state index < -0.39 is 0 Å². The highest BCUT2D eigenvalue weighted by Crippen LogP contribution is 2.36. The molecule has 0 saturated carbocycles. The number of benzene rings is 2. The van der Waals surface area contributed by atoms with Gasteiger partial charge in [0.2, 0.25) is 0 Å². The van der Waals surface area contributed by atoms with Crippen molar-refractivity contribution in [1.29, 1.82) is 0 Å². The molecule has 2 heterocycles. The number of nitrogens with one attached hydrogen (secondary N) is 2. The second kappa shape index (κ2) is 7.62. The van der Waals surface area contributed by atoms with E-state index in [1.165, 1.54) is 27.7 Å². The molecule has 0 spiro atoms. The largest absolute Gasteiger partial charge is 0.493 e. The first kappa shape index (κ1) is 17.9. The molecule has 2 N–H and O–H groups in total. The van der Waals surface area contributed by atoms with E-state index >= 15 is 0 Å². The van der Waals surface area contributed by atoms with Crippen molar-refractivity contribution in [3.8, 4) is 11.5 Å². The number of ether oxygens (including phenoxy) is 2. The van der Waals surface area contributed by atoms with E-state index in [9.17, 15) is 0 Å². The first-order chi connectivity index (χ1) is 13.2. The lowest BCUT2D eigenvalue weighted by atomic mass is 9.94. The zero-order valence-corrected chi connectivity index (χ0v) is 16.2. The molecule has 1 unspecified atom stereocenters. The van der Waals surface area contributed by atoms with Crippen LogP contribution in [-0.2, 0) is 6.42 Å². The number of fused-ring (bicyclic) bond motifs is 3. The number of aromatic amines is 1. The molecule has 0 bridgehead atoms. The van der Waals surface area contributed by atoms with Crippen LogP contribution in [0.3, 0.4) is 0 Å². The van der Waals surface area contributed by atoms with Crippen molar-refractivity contribution < 1.29 is 9.47 Å². The smallest absolute Gasteiger partial charge is 0.161 e. The molecule has 5 heteroatoms. The van der Waals surface area contributed by atoms with Crippen LogP contribution in [0.25, 0.3) is 10.9 Å². The standard InChI is InChI=1S/C22H27N3O2/c1-25(2)12-13-27-19-9-8-15(14-20(19)26-3)21-22-17(10-11-23-21)16-6-4-5-7-18(16)24-22/h4-9,14,21,23-24H,10-13H2,1-3H3. The van der Waals surface area contributed by atoms with Gasteiger partial charge in [-0.1, -0.05) is 24.3 Å². The Bertz CT molecular complexity index is 932. The summed E-state index contributed by atoms with van der Waals surface area (Å²) in [4.78, 5) is 5.72. The molecule has 1 atom stereocenters. The number of aromatic nitrogens is 1. The van der Waals surface area contributed by atoms with Crippen LogP contribution in [0.1, 0.15) is 22.9 Å². The predicted molar refractivity (Wildman–Crippen MR) is 109 cm³/mol. The lowest BCUT2D eigenvalue weighted by molar-refractivity contribution is 0.250. The minimum absolute atomic E-state index is 0.130. The molecule has 142 valence electrons. The number of likely N-dealkylation sites (N-methyl/N-ethyl adjacent to an activating group) is 1. The molecular weight excluding hydrogens is 338 g/mol. The third-order valence-corrected chi connectivity index (χ3v) is 5.18. The number of hydrogen-bond donors (Lipinski definition) is 2. The van der Waals surface area contributed by atoms with Crippen LogP contribution in [0.15, 0.2) is 42.5 Å². The molecule has 0 fully saturated rings. The summed E-state index contributed by atoms with van der Waals surface area (Å²) in [7, 11) is 5.77. The van der Waals surface area contributed by atoms with Gasteiger partial charge in [-0.25, -0.2) is 0 Å². The third-order valence-electron chi connectivity index (χ3n) is 5.18. The Labute approximate surface area is 160 Å². The molecule has 4 rings (SSSR count). The fourth-order valence-electron chi connectivity index (χ4n) is 3.79. The summed E-state index contributed by atoms with van der Waals surface area (Å²) >= 11 is 0. The average molecular weight is 365 g/mol. The van der Waals surface area contributed by atoms with Crippen LogP contribution in [0.5, 0.6) is 11.5 Å². The summed E-state index contributed by atoms with van der Waals surface area (Å²) in [5.74, 6) is 1.56. The van der Waals surface area contributed by atoms with Gasteiger partial charge in [0.15, 0.2) is 11.5 Å². The van der Waals surface area contributed by atoms with Crippen LogP contribution in [-0.4, -0.2) is 50.8 Å². The number of H-pyrrole nitrogens is 1. The molecule has 1 aliphatic rings. The Morgan fingerprint density at radius 3 is 2.78 bits per heavy atom. The van der Waals surface area contributed by atoms with E-state index in [0.29, 0.717) is 6.61 Å². The Kier molecular flexibility index (Phi) is 5.05. The van der Waals surface area contributed by atoms with Gasteiger partial charge in [-0.15, -0.1) is 0 Å². The van der Waals surface area contributed by atoms with Crippen molar-refractivity contribution in [3.63, 3.8) is 0 Å². The van der Waals surface area contributed by atoms with Gasteiger partial charge in [0.25, 0.3) is 0 Å². The van der Waals surface area contributed by atoms with E-state index in [2.05, 4.69) is 51.6 Å². The van der Waals surface area contributed by atoms with Gasteiger partial charge < -0.3 is 24.7 Å². The SMILES string of the molecule is COc1cc(C2NCCc3c2[nH]c2ccccc32)ccc1OCCN(C)C. The van der Waals surface area contributed by atoms with E-state index in [0.717, 1.165) is 31.0 Å². The van der Waals surface area contributed by atoms with E-state index in [1.807, 2.05) is 20.2 Å². The lowest BCUT2D eigenvalue weighted by Crippen LogP contribution is -2.30. The fourth-order valence-corrected chi connectivity index (χ4v) is 3.79. The molecule has 0 saturated heterocycles. The van der Waals surface area contributed by atoms with Crippen molar-refractivity contribution in [2.75, 3.05) is 40.9 Å². The van der Waals surface area contributed by atoms with Crippen molar-refractivity contribution in [1.82, 2.24) is 15.2 Å². The van der Waals surface area contributed by atoms with Gasteiger partial charge in [-0.2, -0.15) is 0 Å². The maximum absolute atomic E-state index is 5.90. The summed E-state index contributed by atoms with van der Waals surface area (Å²) in [5, 5.41) is 4.98. The molecule has 5 nitrogen and oxygen atoms in total. The summed E-state index contributed by atoms with van der Waals surface area (Å²) in [6.45, 7) is 2.47. The lowest BCUT2D eigenvalue weighted by Gasteiger charge is -2.25. The highest BCUT2D eigenvalue weighted by molar-refractivity contribution is 5.85. The van der Waals surface area contributed by atoms with Crippen LogP contribution < -0.4 is 14.8 Å². The van der Waals surface area contributed by atoms with Crippen molar-refractivity contribution >= 4 is 10.9 Å². The van der Waals surface area contributed by atoms with Crippen LogP contribution in [0, 0.1) is 0 Å². The number of rotatable bonds is 6. The Morgan fingerprint density at radius 1 is 1.11 bits per heavy atom. The Hall–Kier alpha value is -2.50. The molecular formula is C22H27N3O2. The van der Waals surface area contributed by atoms with E-state index in [-0.39, 0.29) is 6.04 Å². The molecule has 27 heavy (non-hydrogen) atoms. The van der Waals surface area contributed by atoms with Crippen molar-refractivity contribution in [2.24, 2.45) is 0 Å². The molecule has 2 aromatic carbocycles. The minimum atomic E-state index is 0.130. The normalized spacial score (nSPS) is 16.5. The zero-order valence-electron chi connectivity index (χ0n) is 16.2. The van der Waals surface area contributed by atoms with Gasteiger partial charge in [0, 0.05) is 29.7 Å². The molecule has 0 aliphatic carbocycles. The summed E-state index contributed by atoms with van der Waals surface area (Å²) in [6.07, 6.45) is 1.04. The minimum Gasteiger partial charge on any atom is -0.493 e. The Morgan fingerprint density at radius 2 is 1.96 bits per heavy atom. The van der Waals surface area contributed by atoms with Gasteiger partial charge in [-0.05, 0) is 49.8 Å². The van der Waals surface area contributed by atoms with Crippen LogP contribution in [0.4, 0.5) is 0 Å². The van der Waals surface area contributed by atoms with Gasteiger partial charge in [0.05, 0.1) is 13.2 Å². The van der Waals surface area contributed by atoms with Gasteiger partial charge in [-0.3, -0.25) is 0 Å². The monoisotopic (exact) mass is 365 g/mol. The molecule has 0 amide bonds. The topological polar surface area (TPSA) is 49.5 Å². The average Bonchev–Trinajstić information content (AvgIpc) is 3.07. The molecule has 1 aliphatic heterocycles. The summed E-state index contributed by atoms with van der Waals surface area (Å²) in [6, 6.07) is 14.9. The summed E-state index contributed by atoms with van der Waals surface area (Å²) in [5.41, 5.74) is 5.05. The number of nitrogens with zero attached hydrogens (tertiary/aromatic N) is 1. The number of methoxy groups -OCH3 is 1. The quantitative estimate of drug-likeness (QED) is 0.703.